The molecule has 164 valence electrons. The summed E-state index contributed by atoms with van der Waals surface area (Å²) in [6.45, 7) is 3.29. The van der Waals surface area contributed by atoms with Crippen LogP contribution in [0.4, 0.5) is 37.7 Å². The van der Waals surface area contributed by atoms with Gasteiger partial charge in [0.15, 0.2) is 0 Å². The molecule has 0 radical (unpaired) electrons. The van der Waals surface area contributed by atoms with Crippen molar-refractivity contribution in [3.8, 4) is 0 Å². The maximum absolute atomic E-state index is 12.7. The number of alkyl halides is 6. The molecule has 0 aliphatic rings. The van der Waals surface area contributed by atoms with Gasteiger partial charge in [0, 0.05) is 5.56 Å². The summed E-state index contributed by atoms with van der Waals surface area (Å²) in [6.07, 6.45) is -4.31. The summed E-state index contributed by atoms with van der Waals surface area (Å²) < 4.78 is 101. The topological polar surface area (TPSA) is 70.6 Å². The van der Waals surface area contributed by atoms with Crippen molar-refractivity contribution in [2.24, 2.45) is 5.10 Å². The summed E-state index contributed by atoms with van der Waals surface area (Å²) in [5, 5.41) is 4.04. The summed E-state index contributed by atoms with van der Waals surface area (Å²) in [6, 6.07) is 8.03. The molecular weight excluding hydrogens is 436 g/mol. The second-order valence-electron chi connectivity index (χ2n) is 6.20. The van der Waals surface area contributed by atoms with E-state index in [0.717, 1.165) is 24.3 Å². The van der Waals surface area contributed by atoms with Gasteiger partial charge >= 0.3 is 21.7 Å². The van der Waals surface area contributed by atoms with Crippen LogP contribution in [0, 0.1) is 6.92 Å². The van der Waals surface area contributed by atoms with Gasteiger partial charge < -0.3 is 0 Å². The molecule has 2 rings (SSSR count). The normalized spacial score (nSPS) is 13.3. The minimum Gasteiger partial charge on any atom is -0.278 e. The maximum atomic E-state index is 12.7. The molecule has 0 saturated heterocycles. The Morgan fingerprint density at radius 1 is 1.00 bits per heavy atom. The maximum Gasteiger partial charge on any atom is 0.516 e. The Morgan fingerprint density at radius 2 is 1.60 bits per heavy atom. The van der Waals surface area contributed by atoms with Gasteiger partial charge in [-0.1, -0.05) is 18.6 Å². The molecule has 0 amide bonds. The van der Waals surface area contributed by atoms with Crippen molar-refractivity contribution >= 4 is 27.1 Å². The number of halogens is 6. The van der Waals surface area contributed by atoms with E-state index in [-0.39, 0.29) is 29.1 Å². The van der Waals surface area contributed by atoms with Crippen LogP contribution in [0.1, 0.15) is 30.0 Å². The second kappa shape index (κ2) is 8.54. The Kier molecular flexibility index (Phi) is 6.70. The molecule has 0 heterocycles. The van der Waals surface area contributed by atoms with E-state index in [0.29, 0.717) is 5.56 Å². The van der Waals surface area contributed by atoms with Gasteiger partial charge in [-0.15, -0.1) is 0 Å². The molecule has 0 aliphatic heterocycles. The molecule has 0 unspecified atom stereocenters. The van der Waals surface area contributed by atoms with Gasteiger partial charge in [0.05, 0.1) is 22.6 Å². The highest BCUT2D eigenvalue weighted by atomic mass is 32.2. The van der Waals surface area contributed by atoms with Gasteiger partial charge in [-0.25, -0.2) is 0 Å². The average Bonchev–Trinajstić information content (AvgIpc) is 2.63. The lowest BCUT2D eigenvalue weighted by molar-refractivity contribution is -0.137. The molecule has 2 N–H and O–H groups in total. The number of nitrogens with zero attached hydrogens (tertiary/aromatic N) is 1. The van der Waals surface area contributed by atoms with E-state index in [1.165, 1.54) is 22.9 Å². The number of rotatable bonds is 6. The van der Waals surface area contributed by atoms with Crippen LogP contribution in [-0.4, -0.2) is 19.6 Å². The van der Waals surface area contributed by atoms with Crippen LogP contribution in [0.15, 0.2) is 47.6 Å². The smallest absolute Gasteiger partial charge is 0.278 e. The number of hydrazone groups is 1. The van der Waals surface area contributed by atoms with Crippen molar-refractivity contribution in [1.82, 2.24) is 0 Å². The van der Waals surface area contributed by atoms with Crippen molar-refractivity contribution in [1.29, 1.82) is 0 Å². The third-order valence-electron chi connectivity index (χ3n) is 3.90. The lowest BCUT2D eigenvalue weighted by Gasteiger charge is -2.16. The van der Waals surface area contributed by atoms with Crippen LogP contribution in [0.2, 0.25) is 0 Å². The Bertz CT molecular complexity index is 1030. The van der Waals surface area contributed by atoms with E-state index in [9.17, 15) is 34.8 Å². The molecule has 0 aromatic heterocycles. The van der Waals surface area contributed by atoms with E-state index in [2.05, 4.69) is 10.5 Å². The van der Waals surface area contributed by atoms with E-state index in [4.69, 9.17) is 0 Å². The van der Waals surface area contributed by atoms with E-state index in [1.807, 2.05) is 0 Å². The van der Waals surface area contributed by atoms with Gasteiger partial charge in [0.1, 0.15) is 0 Å². The Morgan fingerprint density at radius 3 is 2.10 bits per heavy atom. The summed E-state index contributed by atoms with van der Waals surface area (Å²) in [5.41, 5.74) is -3.01. The van der Waals surface area contributed by atoms with Crippen molar-refractivity contribution in [3.05, 3.63) is 59.2 Å². The van der Waals surface area contributed by atoms with Crippen LogP contribution in [-0.2, 0) is 16.2 Å². The zero-order valence-corrected chi connectivity index (χ0v) is 16.5. The van der Waals surface area contributed by atoms with Gasteiger partial charge in [-0.3, -0.25) is 10.1 Å². The van der Waals surface area contributed by atoms with E-state index in [1.54, 1.807) is 13.8 Å². The fourth-order valence-electron chi connectivity index (χ4n) is 2.38. The van der Waals surface area contributed by atoms with Crippen LogP contribution in [0.25, 0.3) is 0 Å². The predicted molar refractivity (Wildman–Crippen MR) is 102 cm³/mol. The molecule has 0 fully saturated rings. The molecule has 0 aliphatic carbocycles. The highest BCUT2D eigenvalue weighted by Gasteiger charge is 2.46. The van der Waals surface area contributed by atoms with Crippen LogP contribution >= 0.6 is 0 Å². The van der Waals surface area contributed by atoms with Gasteiger partial charge in [-0.05, 0) is 49.7 Å². The number of hydrogen-bond donors (Lipinski definition) is 2. The van der Waals surface area contributed by atoms with Crippen molar-refractivity contribution in [2.75, 3.05) is 10.1 Å². The quantitative estimate of drug-likeness (QED) is 0.345. The SMILES string of the molecule is CC/C(=N\Nc1ccc(C(F)(F)F)cc1)c1cc(C)ccc1NS(=O)(=O)C(F)(F)F. The second-order valence-corrected chi connectivity index (χ2v) is 7.87. The monoisotopic (exact) mass is 453 g/mol. The Hall–Kier alpha value is -2.76. The van der Waals surface area contributed by atoms with Crippen LogP contribution < -0.4 is 10.1 Å². The minimum absolute atomic E-state index is 0.102. The molecule has 0 spiro atoms. The highest BCUT2D eigenvalue weighted by molar-refractivity contribution is 7.93. The molecule has 2 aromatic rings. The average molecular weight is 453 g/mol. The zero-order chi connectivity index (χ0) is 22.7. The molecule has 2 aromatic carbocycles. The zero-order valence-electron chi connectivity index (χ0n) is 15.7. The largest absolute Gasteiger partial charge is 0.516 e. The number of nitrogens with one attached hydrogen (secondary N) is 2. The number of anilines is 2. The van der Waals surface area contributed by atoms with E-state index >= 15 is 0 Å². The number of sulfonamides is 1. The lowest BCUT2D eigenvalue weighted by Crippen LogP contribution is -2.30. The first-order chi connectivity index (χ1) is 13.7. The lowest BCUT2D eigenvalue weighted by atomic mass is 10.0. The minimum atomic E-state index is -5.65. The molecule has 5 nitrogen and oxygen atoms in total. The first kappa shape index (κ1) is 23.5. The van der Waals surface area contributed by atoms with Crippen molar-refractivity contribution < 1.29 is 34.8 Å². The van der Waals surface area contributed by atoms with E-state index < -0.39 is 27.3 Å². The number of benzene rings is 2. The third-order valence-corrected chi connectivity index (χ3v) is 5.00. The summed E-state index contributed by atoms with van der Waals surface area (Å²) in [7, 11) is -5.65. The third kappa shape index (κ3) is 5.65. The summed E-state index contributed by atoms with van der Waals surface area (Å²) >= 11 is 0. The van der Waals surface area contributed by atoms with Crippen LogP contribution in [0.3, 0.4) is 0 Å². The first-order valence-electron chi connectivity index (χ1n) is 8.44. The Labute approximate surface area is 168 Å². The van der Waals surface area contributed by atoms with Gasteiger partial charge in [0.2, 0.25) is 0 Å². The molecule has 0 bridgehead atoms. The molecular formula is C18H17F6N3O2S. The molecule has 0 saturated carbocycles. The van der Waals surface area contributed by atoms with Gasteiger partial charge in [-0.2, -0.15) is 39.9 Å². The summed E-state index contributed by atoms with van der Waals surface area (Å²) in [5.74, 6) is 0. The highest BCUT2D eigenvalue weighted by Crippen LogP contribution is 2.30. The molecule has 30 heavy (non-hydrogen) atoms. The van der Waals surface area contributed by atoms with Crippen molar-refractivity contribution in [2.45, 2.75) is 32.0 Å². The fourth-order valence-corrected chi connectivity index (χ4v) is 2.97. The Balaban J connectivity index is 2.37. The van der Waals surface area contributed by atoms with Crippen molar-refractivity contribution in [3.63, 3.8) is 0 Å². The fraction of sp³-hybridized carbons (Fsp3) is 0.278. The predicted octanol–water partition coefficient (Wildman–Crippen LogP) is 5.50. The summed E-state index contributed by atoms with van der Waals surface area (Å²) in [4.78, 5) is 0. The number of hydrogen-bond acceptors (Lipinski definition) is 4. The van der Waals surface area contributed by atoms with Crippen LogP contribution in [0.5, 0.6) is 0 Å². The number of aryl methyl sites for hydroxylation is 1. The standard InChI is InChI=1S/C18H17F6N3O2S/c1-3-15(26-25-13-7-5-12(6-8-13)17(19,20)21)14-10-11(2)4-9-16(14)27-30(28,29)18(22,23)24/h4-10,25,27H,3H2,1-2H3/b26-15+. The molecule has 12 heteroatoms. The molecule has 0 atom stereocenters. The van der Waals surface area contributed by atoms with Gasteiger partial charge in [0.25, 0.3) is 0 Å². The first-order valence-corrected chi connectivity index (χ1v) is 9.93.